The summed E-state index contributed by atoms with van der Waals surface area (Å²) in [5, 5.41) is 0. The highest BCUT2D eigenvalue weighted by Crippen LogP contribution is 2.48. The van der Waals surface area contributed by atoms with E-state index in [-0.39, 0.29) is 29.2 Å². The molecular weight excluding hydrogens is 463 g/mol. The van der Waals surface area contributed by atoms with Crippen LogP contribution >= 0.6 is 0 Å². The Morgan fingerprint density at radius 1 is 1.18 bits per heavy atom. The molecule has 8 heteroatoms. The first-order valence-corrected chi connectivity index (χ1v) is 12.6. The van der Waals surface area contributed by atoms with Crippen LogP contribution in [0.1, 0.15) is 81.2 Å². The topological polar surface area (TPSA) is 61.4 Å². The molecule has 2 aromatic carbocycles. The summed E-state index contributed by atoms with van der Waals surface area (Å²) in [6.45, 7) is 10.1. The van der Waals surface area contributed by atoms with Crippen LogP contribution in [-0.4, -0.2) is 21.9 Å². The lowest BCUT2D eigenvalue weighted by Gasteiger charge is -2.29. The van der Waals surface area contributed by atoms with E-state index in [1.807, 2.05) is 0 Å². The Morgan fingerprint density at radius 3 is 2.38 bits per heavy atom. The van der Waals surface area contributed by atoms with E-state index in [0.717, 1.165) is 12.8 Å². The lowest BCUT2D eigenvalue weighted by molar-refractivity contribution is -0.143. The molecule has 4 nitrogen and oxygen atoms in total. The molecule has 0 saturated heterocycles. The van der Waals surface area contributed by atoms with E-state index in [2.05, 4.69) is 4.72 Å². The van der Waals surface area contributed by atoms with Gasteiger partial charge in [-0.25, -0.2) is 13.2 Å². The maximum Gasteiger partial charge on any atom is 0.307 e. The van der Waals surface area contributed by atoms with Crippen molar-refractivity contribution in [1.29, 1.82) is 0 Å². The minimum absolute atomic E-state index is 0.0803. The van der Waals surface area contributed by atoms with E-state index in [0.29, 0.717) is 16.7 Å². The second kappa shape index (κ2) is 10.3. The molecule has 0 radical (unpaired) electrons. The molecule has 0 heterocycles. The van der Waals surface area contributed by atoms with Gasteiger partial charge in [0.25, 0.3) is 0 Å². The zero-order valence-corrected chi connectivity index (χ0v) is 21.3. The Morgan fingerprint density at radius 2 is 1.82 bits per heavy atom. The average molecular weight is 496 g/mol. The third-order valence-corrected chi connectivity index (χ3v) is 7.67. The van der Waals surface area contributed by atoms with E-state index >= 15 is 8.78 Å². The predicted octanol–water partition coefficient (Wildman–Crippen LogP) is 6.31. The number of carbonyl (C=O) groups excluding carboxylic acids is 1. The second-order valence-corrected chi connectivity index (χ2v) is 11.7. The molecule has 0 spiro atoms. The van der Waals surface area contributed by atoms with Gasteiger partial charge in [-0.05, 0) is 88.6 Å². The van der Waals surface area contributed by atoms with Crippen molar-refractivity contribution in [1.82, 2.24) is 4.72 Å². The molecule has 1 unspecified atom stereocenters. The van der Waals surface area contributed by atoms with E-state index in [1.54, 1.807) is 47.6 Å². The van der Waals surface area contributed by atoms with Gasteiger partial charge in [-0.1, -0.05) is 12.1 Å². The van der Waals surface area contributed by atoms with Gasteiger partial charge in [0.2, 0.25) is 0 Å². The van der Waals surface area contributed by atoms with Crippen LogP contribution in [0.2, 0.25) is 0 Å². The van der Waals surface area contributed by atoms with Crippen molar-refractivity contribution in [3.63, 3.8) is 0 Å². The van der Waals surface area contributed by atoms with Gasteiger partial charge in [-0.15, -0.1) is 4.72 Å². The fourth-order valence-electron chi connectivity index (χ4n) is 4.10. The number of nitrogens with one attached hydrogen (secondary N) is 1. The van der Waals surface area contributed by atoms with Gasteiger partial charge in [0.15, 0.2) is 0 Å². The van der Waals surface area contributed by atoms with Crippen LogP contribution < -0.4 is 4.72 Å². The van der Waals surface area contributed by atoms with Crippen LogP contribution in [0.25, 0.3) is 11.1 Å². The van der Waals surface area contributed by atoms with Gasteiger partial charge < -0.3 is 9.29 Å². The molecule has 1 fully saturated rings. The van der Waals surface area contributed by atoms with Gasteiger partial charge in [-0.3, -0.25) is 4.79 Å². The standard InChI is InChI=1S/C26H32F3NO3S/c1-7-33-20(31)13-19(30-34(32)26(4,5)6)23-24(28)21(16-11-12-16)15(3)22(25(23)29)17-9-8-10-18(27)14(17)2/h8-10,16,19,30H,7,11-13H2,1-6H3/t19-,34?/m0/s1. The van der Waals surface area contributed by atoms with E-state index in [1.165, 1.54) is 12.1 Å². The first-order chi connectivity index (χ1) is 15.9. The number of carbonyl (C=O) groups is 1. The molecule has 186 valence electrons. The van der Waals surface area contributed by atoms with Crippen LogP contribution in [0.3, 0.4) is 0 Å². The Bertz CT molecular complexity index is 1080. The molecule has 1 N–H and O–H groups in total. The summed E-state index contributed by atoms with van der Waals surface area (Å²) in [5.41, 5.74) is 1.10. The summed E-state index contributed by atoms with van der Waals surface area (Å²) in [6.07, 6.45) is 1.11. The first kappa shape index (κ1) is 26.6. The van der Waals surface area contributed by atoms with Gasteiger partial charge >= 0.3 is 5.97 Å². The monoisotopic (exact) mass is 495 g/mol. The van der Waals surface area contributed by atoms with Crippen LogP contribution in [0.5, 0.6) is 0 Å². The maximum absolute atomic E-state index is 16.2. The summed E-state index contributed by atoms with van der Waals surface area (Å²) < 4.78 is 66.6. The fraction of sp³-hybridized carbons (Fsp3) is 0.500. The molecule has 0 bridgehead atoms. The van der Waals surface area contributed by atoms with Crippen LogP contribution in [0, 0.1) is 31.3 Å². The van der Waals surface area contributed by atoms with Gasteiger partial charge in [0.1, 0.15) is 22.2 Å². The van der Waals surface area contributed by atoms with Gasteiger partial charge in [-0.2, -0.15) is 0 Å². The zero-order valence-electron chi connectivity index (χ0n) is 20.5. The quantitative estimate of drug-likeness (QED) is 0.344. The number of hydrogen-bond acceptors (Lipinski definition) is 4. The Hall–Kier alpha value is -2.03. The fourth-order valence-corrected chi connectivity index (χ4v) is 4.91. The van der Waals surface area contributed by atoms with Crippen molar-refractivity contribution < 1.29 is 27.3 Å². The summed E-state index contributed by atoms with van der Waals surface area (Å²) in [6, 6.07) is 3.14. The second-order valence-electron chi connectivity index (χ2n) is 9.70. The molecular formula is C26H32F3NO3S. The maximum atomic E-state index is 16.2. The molecule has 34 heavy (non-hydrogen) atoms. The van der Waals surface area contributed by atoms with Crippen LogP contribution in [0.4, 0.5) is 13.2 Å². The van der Waals surface area contributed by atoms with Crippen molar-refractivity contribution >= 4 is 17.3 Å². The number of rotatable bonds is 8. The van der Waals surface area contributed by atoms with Gasteiger partial charge in [0.05, 0.1) is 19.1 Å². The summed E-state index contributed by atoms with van der Waals surface area (Å²) in [5.74, 6) is -2.88. The molecule has 0 aromatic heterocycles. The Labute approximate surface area is 202 Å². The number of benzene rings is 2. The predicted molar refractivity (Wildman–Crippen MR) is 128 cm³/mol. The number of halogens is 3. The average Bonchev–Trinajstić information content (AvgIpc) is 3.55. The summed E-state index contributed by atoms with van der Waals surface area (Å²) >= 11 is -1.72. The normalized spacial score (nSPS) is 15.8. The number of ether oxygens (including phenoxy) is 1. The Kier molecular flexibility index (Phi) is 8.05. The lowest BCUT2D eigenvalue weighted by atomic mass is 9.86. The van der Waals surface area contributed by atoms with Gasteiger partial charge in [0, 0.05) is 22.5 Å². The molecule has 0 aliphatic heterocycles. The summed E-state index contributed by atoms with van der Waals surface area (Å²) in [7, 11) is 0. The van der Waals surface area contributed by atoms with E-state index in [4.69, 9.17) is 4.74 Å². The molecule has 1 aliphatic rings. The first-order valence-electron chi connectivity index (χ1n) is 11.5. The SMILES string of the molecule is CCOC(=O)C[C@H](N[S+]([O-])C(C)(C)C)c1c(F)c(-c2cccc(F)c2C)c(C)c(C2CC2)c1F. The highest BCUT2D eigenvalue weighted by atomic mass is 32.2. The molecule has 1 aliphatic carbocycles. The zero-order chi connectivity index (χ0) is 25.4. The van der Waals surface area contributed by atoms with Crippen molar-refractivity contribution in [2.75, 3.05) is 6.61 Å². The number of hydrogen-bond donors (Lipinski definition) is 1. The lowest BCUT2D eigenvalue weighted by Crippen LogP contribution is -2.42. The highest BCUT2D eigenvalue weighted by molar-refractivity contribution is 7.90. The van der Waals surface area contributed by atoms with Crippen LogP contribution in [0.15, 0.2) is 18.2 Å². The number of esters is 1. The molecule has 1 saturated carbocycles. The molecule has 2 aromatic rings. The molecule has 3 rings (SSSR count). The van der Waals surface area contributed by atoms with E-state index < -0.39 is 52.0 Å². The molecule has 0 amide bonds. The van der Waals surface area contributed by atoms with Crippen molar-refractivity contribution in [3.05, 3.63) is 57.9 Å². The Balaban J connectivity index is 2.27. The van der Waals surface area contributed by atoms with Crippen molar-refractivity contribution in [2.24, 2.45) is 0 Å². The van der Waals surface area contributed by atoms with Crippen molar-refractivity contribution in [3.8, 4) is 11.1 Å². The smallest absolute Gasteiger partial charge is 0.307 e. The third kappa shape index (κ3) is 5.44. The largest absolute Gasteiger partial charge is 0.598 e. The third-order valence-electron chi connectivity index (χ3n) is 6.06. The van der Waals surface area contributed by atoms with Crippen LogP contribution in [-0.2, 0) is 20.9 Å². The van der Waals surface area contributed by atoms with Crippen molar-refractivity contribution in [2.45, 2.75) is 77.5 Å². The summed E-state index contributed by atoms with van der Waals surface area (Å²) in [4.78, 5) is 12.4. The minimum Gasteiger partial charge on any atom is -0.598 e. The minimum atomic E-state index is -1.72. The van der Waals surface area contributed by atoms with E-state index in [9.17, 15) is 13.7 Å². The molecule has 2 atom stereocenters. The highest BCUT2D eigenvalue weighted by Gasteiger charge is 2.39.